The summed E-state index contributed by atoms with van der Waals surface area (Å²) < 4.78 is 2.07. The van der Waals surface area contributed by atoms with Crippen LogP contribution >= 0.6 is 0 Å². The van der Waals surface area contributed by atoms with E-state index in [2.05, 4.69) is 44.4 Å². The number of aromatic nitrogens is 2. The summed E-state index contributed by atoms with van der Waals surface area (Å²) in [5.41, 5.74) is 7.30. The average Bonchev–Trinajstić information content (AvgIpc) is 2.65. The number of aryl methyl sites for hydroxylation is 1. The van der Waals surface area contributed by atoms with Crippen LogP contribution in [0.15, 0.2) is 12.1 Å². The minimum absolute atomic E-state index is 0.135. The van der Waals surface area contributed by atoms with Crippen molar-refractivity contribution < 1.29 is 5.11 Å². The molecule has 0 radical (unpaired) electrons. The van der Waals surface area contributed by atoms with Crippen molar-refractivity contribution in [3.05, 3.63) is 40.3 Å². The fourth-order valence-corrected chi connectivity index (χ4v) is 2.43. The number of imidazole rings is 1. The molecule has 0 atom stereocenters. The maximum atomic E-state index is 9.10. The predicted octanol–water partition coefficient (Wildman–Crippen LogP) is 2.86. The van der Waals surface area contributed by atoms with Gasteiger partial charge in [0.05, 0.1) is 12.3 Å². The summed E-state index contributed by atoms with van der Waals surface area (Å²) in [6, 6.07) is 4.30. The quantitative estimate of drug-likeness (QED) is 0.919. The first kappa shape index (κ1) is 13.8. The number of aliphatic hydroxyl groups excluding tert-OH is 1. The number of hydrogen-bond acceptors (Lipinski definition) is 2. The van der Waals surface area contributed by atoms with Gasteiger partial charge in [0, 0.05) is 24.7 Å². The minimum Gasteiger partial charge on any atom is -0.396 e. The number of aliphatic hydroxyl groups is 1. The van der Waals surface area contributed by atoms with Gasteiger partial charge >= 0.3 is 0 Å². The van der Waals surface area contributed by atoms with Gasteiger partial charge in [0.25, 0.3) is 0 Å². The molecule has 0 amide bonds. The lowest BCUT2D eigenvalue weighted by atomic mass is 9.96. The van der Waals surface area contributed by atoms with Crippen LogP contribution in [0.2, 0.25) is 0 Å². The highest BCUT2D eigenvalue weighted by Crippen LogP contribution is 2.29. The molecule has 0 bridgehead atoms. The van der Waals surface area contributed by atoms with Crippen LogP contribution in [0.5, 0.6) is 0 Å². The summed E-state index contributed by atoms with van der Waals surface area (Å²) in [6.07, 6.45) is 0.598. The molecule has 19 heavy (non-hydrogen) atoms. The van der Waals surface area contributed by atoms with Crippen molar-refractivity contribution in [2.24, 2.45) is 7.05 Å². The van der Waals surface area contributed by atoms with E-state index >= 15 is 0 Å². The lowest BCUT2D eigenvalue weighted by Gasteiger charge is -2.10. The molecular weight excluding hydrogens is 236 g/mol. The number of benzene rings is 1. The van der Waals surface area contributed by atoms with Gasteiger partial charge in [-0.2, -0.15) is 0 Å². The summed E-state index contributed by atoms with van der Waals surface area (Å²) in [5, 5.41) is 9.10. The van der Waals surface area contributed by atoms with Crippen LogP contribution in [-0.2, 0) is 13.5 Å². The second-order valence-corrected chi connectivity index (χ2v) is 5.17. The SMILES string of the molecule is Cc1ccc(-c2nc(CCO)n(C)c2C)c(C)c1C. The van der Waals surface area contributed by atoms with E-state index in [0.29, 0.717) is 6.42 Å². The average molecular weight is 258 g/mol. The molecule has 1 aromatic heterocycles. The van der Waals surface area contributed by atoms with Gasteiger partial charge in [-0.15, -0.1) is 0 Å². The molecule has 1 aromatic carbocycles. The Labute approximate surface area is 114 Å². The van der Waals surface area contributed by atoms with Crippen LogP contribution < -0.4 is 0 Å². The highest BCUT2D eigenvalue weighted by atomic mass is 16.3. The molecular formula is C16H22N2O. The van der Waals surface area contributed by atoms with E-state index < -0.39 is 0 Å². The minimum atomic E-state index is 0.135. The zero-order chi connectivity index (χ0) is 14.2. The maximum Gasteiger partial charge on any atom is 0.111 e. The first-order valence-electron chi connectivity index (χ1n) is 6.67. The van der Waals surface area contributed by atoms with E-state index in [4.69, 9.17) is 10.1 Å². The van der Waals surface area contributed by atoms with Gasteiger partial charge in [-0.1, -0.05) is 12.1 Å². The molecule has 0 aliphatic rings. The Bertz CT molecular complexity index is 612. The summed E-state index contributed by atoms with van der Waals surface area (Å²) in [5.74, 6) is 0.938. The fraction of sp³-hybridized carbons (Fsp3) is 0.438. The fourth-order valence-electron chi connectivity index (χ4n) is 2.43. The maximum absolute atomic E-state index is 9.10. The molecule has 0 aliphatic heterocycles. The van der Waals surface area contributed by atoms with Crippen molar-refractivity contribution in [3.8, 4) is 11.3 Å². The van der Waals surface area contributed by atoms with E-state index in [9.17, 15) is 0 Å². The third-order valence-corrected chi connectivity index (χ3v) is 4.12. The second-order valence-electron chi connectivity index (χ2n) is 5.17. The predicted molar refractivity (Wildman–Crippen MR) is 78.4 cm³/mol. The lowest BCUT2D eigenvalue weighted by molar-refractivity contribution is 0.295. The van der Waals surface area contributed by atoms with Crippen molar-refractivity contribution in [2.45, 2.75) is 34.1 Å². The molecule has 1 heterocycles. The smallest absolute Gasteiger partial charge is 0.111 e. The first-order chi connectivity index (χ1) is 8.97. The van der Waals surface area contributed by atoms with E-state index in [1.54, 1.807) is 0 Å². The number of hydrogen-bond donors (Lipinski definition) is 1. The summed E-state index contributed by atoms with van der Waals surface area (Å²) in [7, 11) is 2.01. The topological polar surface area (TPSA) is 38.1 Å². The van der Waals surface area contributed by atoms with Gasteiger partial charge in [-0.25, -0.2) is 4.98 Å². The number of nitrogens with zero attached hydrogens (tertiary/aromatic N) is 2. The lowest BCUT2D eigenvalue weighted by Crippen LogP contribution is -2.01. The normalized spacial score (nSPS) is 11.1. The second kappa shape index (κ2) is 5.17. The molecule has 3 nitrogen and oxygen atoms in total. The third kappa shape index (κ3) is 2.30. The molecule has 0 saturated carbocycles. The van der Waals surface area contributed by atoms with E-state index in [1.165, 1.54) is 22.3 Å². The van der Waals surface area contributed by atoms with Crippen LogP contribution in [0.25, 0.3) is 11.3 Å². The van der Waals surface area contributed by atoms with Gasteiger partial charge in [-0.3, -0.25) is 0 Å². The monoisotopic (exact) mass is 258 g/mol. The molecule has 0 spiro atoms. The molecule has 0 fully saturated rings. The Morgan fingerprint density at radius 1 is 1.11 bits per heavy atom. The van der Waals surface area contributed by atoms with Crippen molar-refractivity contribution in [1.29, 1.82) is 0 Å². The molecule has 0 saturated heterocycles. The van der Waals surface area contributed by atoms with Crippen molar-refractivity contribution >= 4 is 0 Å². The third-order valence-electron chi connectivity index (χ3n) is 4.12. The van der Waals surface area contributed by atoms with E-state index in [0.717, 1.165) is 17.2 Å². The Balaban J connectivity index is 2.60. The number of rotatable bonds is 3. The summed E-state index contributed by atoms with van der Waals surface area (Å²) >= 11 is 0. The molecule has 2 rings (SSSR count). The standard InChI is InChI=1S/C16H22N2O/c1-10-6-7-14(12(3)11(10)2)16-13(4)18(5)15(17-16)8-9-19/h6-7,19H,8-9H2,1-5H3. The molecule has 0 unspecified atom stereocenters. The van der Waals surface area contributed by atoms with Gasteiger partial charge in [0.1, 0.15) is 5.82 Å². The van der Waals surface area contributed by atoms with Gasteiger partial charge in [0.2, 0.25) is 0 Å². The molecule has 2 aromatic rings. The Kier molecular flexibility index (Phi) is 3.76. The van der Waals surface area contributed by atoms with Gasteiger partial charge in [0.15, 0.2) is 0 Å². The van der Waals surface area contributed by atoms with Crippen LogP contribution in [-0.4, -0.2) is 21.3 Å². The Hall–Kier alpha value is -1.61. The van der Waals surface area contributed by atoms with E-state index in [1.807, 2.05) is 7.05 Å². The largest absolute Gasteiger partial charge is 0.396 e. The van der Waals surface area contributed by atoms with Gasteiger partial charge in [-0.05, 0) is 44.4 Å². The van der Waals surface area contributed by atoms with Crippen LogP contribution in [0.3, 0.4) is 0 Å². The summed E-state index contributed by atoms with van der Waals surface area (Å²) in [6.45, 7) is 8.65. The van der Waals surface area contributed by atoms with Crippen molar-refractivity contribution in [3.63, 3.8) is 0 Å². The zero-order valence-electron chi connectivity index (χ0n) is 12.4. The van der Waals surface area contributed by atoms with Crippen LogP contribution in [0.4, 0.5) is 0 Å². The summed E-state index contributed by atoms with van der Waals surface area (Å²) in [4.78, 5) is 4.70. The highest BCUT2D eigenvalue weighted by molar-refractivity contribution is 5.68. The Morgan fingerprint density at radius 2 is 1.79 bits per heavy atom. The molecule has 102 valence electrons. The van der Waals surface area contributed by atoms with Crippen molar-refractivity contribution in [1.82, 2.24) is 9.55 Å². The first-order valence-corrected chi connectivity index (χ1v) is 6.67. The highest BCUT2D eigenvalue weighted by Gasteiger charge is 2.15. The van der Waals surface area contributed by atoms with Crippen LogP contribution in [0.1, 0.15) is 28.2 Å². The van der Waals surface area contributed by atoms with Crippen molar-refractivity contribution in [2.75, 3.05) is 6.61 Å². The van der Waals surface area contributed by atoms with E-state index in [-0.39, 0.29) is 6.61 Å². The van der Waals surface area contributed by atoms with Gasteiger partial charge < -0.3 is 9.67 Å². The molecule has 0 aliphatic carbocycles. The van der Waals surface area contributed by atoms with Crippen LogP contribution in [0, 0.1) is 27.7 Å². The molecule has 1 N–H and O–H groups in total. The zero-order valence-corrected chi connectivity index (χ0v) is 12.4. The molecule has 3 heteroatoms. The Morgan fingerprint density at radius 3 is 2.42 bits per heavy atom.